The fourth-order valence-corrected chi connectivity index (χ4v) is 1.48. The third-order valence-electron chi connectivity index (χ3n) is 2.60. The summed E-state index contributed by atoms with van der Waals surface area (Å²) in [6, 6.07) is 3.73. The largest absolute Gasteiger partial charge is 0.349 e. The molecule has 4 nitrogen and oxygen atoms in total. The number of aromatic nitrogens is 1. The smallest absolute Gasteiger partial charge is 0.195 e. The maximum absolute atomic E-state index is 5.92. The number of methoxy groups -OCH3 is 1. The van der Waals surface area contributed by atoms with Gasteiger partial charge in [-0.15, -0.1) is 0 Å². The molecule has 0 saturated carbocycles. The van der Waals surface area contributed by atoms with Crippen LogP contribution in [0.5, 0.6) is 0 Å². The van der Waals surface area contributed by atoms with Gasteiger partial charge in [-0.3, -0.25) is 0 Å². The van der Waals surface area contributed by atoms with E-state index in [0.717, 1.165) is 5.56 Å². The summed E-state index contributed by atoms with van der Waals surface area (Å²) >= 11 is 0. The molecule has 1 aromatic rings. The van der Waals surface area contributed by atoms with Gasteiger partial charge < -0.3 is 9.47 Å². The zero-order valence-electron chi connectivity index (χ0n) is 11.9. The van der Waals surface area contributed by atoms with Crippen molar-refractivity contribution in [3.63, 3.8) is 0 Å². The Morgan fingerprint density at radius 3 is 2.50 bits per heavy atom. The highest BCUT2D eigenvalue weighted by molar-refractivity contribution is 5.47. The number of pyridine rings is 1. The molecule has 1 rings (SSSR count). The number of ether oxygens (including phenoxy) is 2. The summed E-state index contributed by atoms with van der Waals surface area (Å²) in [4.78, 5) is 8.07. The highest BCUT2D eigenvalue weighted by atomic mass is 16.7. The van der Waals surface area contributed by atoms with E-state index in [4.69, 9.17) is 9.47 Å². The quantitative estimate of drug-likeness (QED) is 0.595. The Kier molecular flexibility index (Phi) is 4.59. The van der Waals surface area contributed by atoms with E-state index in [0.29, 0.717) is 12.4 Å². The molecule has 0 aliphatic carbocycles. The van der Waals surface area contributed by atoms with E-state index >= 15 is 0 Å². The highest BCUT2D eigenvalue weighted by Gasteiger charge is 2.32. The molecule has 1 aromatic heterocycles. The SMILES string of the molecule is C=Nc1ncccc1C(C)(OC)OCC(C)(C)C. The van der Waals surface area contributed by atoms with Gasteiger partial charge in [0.25, 0.3) is 0 Å². The van der Waals surface area contributed by atoms with Gasteiger partial charge in [0.05, 0.1) is 12.2 Å². The second-order valence-corrected chi connectivity index (χ2v) is 5.53. The maximum Gasteiger partial charge on any atom is 0.195 e. The van der Waals surface area contributed by atoms with Crippen LogP contribution in [0.25, 0.3) is 0 Å². The average Bonchev–Trinajstić information content (AvgIpc) is 2.35. The maximum atomic E-state index is 5.92. The Labute approximate surface area is 109 Å². The van der Waals surface area contributed by atoms with E-state index in [1.165, 1.54) is 0 Å². The minimum absolute atomic E-state index is 0.0593. The van der Waals surface area contributed by atoms with Crippen LogP contribution in [0, 0.1) is 5.41 Å². The molecule has 0 aliphatic rings. The van der Waals surface area contributed by atoms with Crippen LogP contribution in [0.3, 0.4) is 0 Å². The van der Waals surface area contributed by atoms with Crippen molar-refractivity contribution in [3.8, 4) is 0 Å². The second-order valence-electron chi connectivity index (χ2n) is 5.53. The first-order chi connectivity index (χ1) is 8.32. The van der Waals surface area contributed by atoms with Crippen LogP contribution in [0.1, 0.15) is 33.3 Å². The summed E-state index contributed by atoms with van der Waals surface area (Å²) in [6.45, 7) is 12.3. The molecule has 1 heterocycles. The molecular weight excluding hydrogens is 228 g/mol. The molecule has 0 fully saturated rings. The molecule has 0 spiro atoms. The van der Waals surface area contributed by atoms with E-state index in [1.807, 2.05) is 19.1 Å². The Bertz CT molecular complexity index is 413. The summed E-state index contributed by atoms with van der Waals surface area (Å²) < 4.78 is 11.4. The Morgan fingerprint density at radius 2 is 2.00 bits per heavy atom. The van der Waals surface area contributed by atoms with Crippen LogP contribution in [-0.2, 0) is 15.3 Å². The molecular formula is C14H22N2O2. The molecule has 18 heavy (non-hydrogen) atoms. The van der Waals surface area contributed by atoms with Crippen molar-refractivity contribution in [2.45, 2.75) is 33.5 Å². The Balaban J connectivity index is 3.03. The van der Waals surface area contributed by atoms with Crippen molar-refractivity contribution < 1.29 is 9.47 Å². The van der Waals surface area contributed by atoms with Crippen LogP contribution < -0.4 is 0 Å². The van der Waals surface area contributed by atoms with Crippen molar-refractivity contribution in [2.24, 2.45) is 10.4 Å². The Hall–Kier alpha value is -1.26. The van der Waals surface area contributed by atoms with Crippen molar-refractivity contribution >= 4 is 12.5 Å². The summed E-state index contributed by atoms with van der Waals surface area (Å²) in [5.74, 6) is -0.325. The molecule has 0 aliphatic heterocycles. The van der Waals surface area contributed by atoms with Crippen LogP contribution in [-0.4, -0.2) is 25.4 Å². The lowest BCUT2D eigenvalue weighted by Crippen LogP contribution is -2.32. The standard InChI is InChI=1S/C14H22N2O2/c1-13(2,3)10-18-14(4,17-6)11-8-7-9-16-12(11)15-5/h7-9H,5,10H2,1-4,6H3. The number of nitrogens with zero attached hydrogens (tertiary/aromatic N) is 2. The topological polar surface area (TPSA) is 43.7 Å². The van der Waals surface area contributed by atoms with Gasteiger partial charge in [0, 0.05) is 13.3 Å². The van der Waals surface area contributed by atoms with Gasteiger partial charge in [0.2, 0.25) is 0 Å². The summed E-state index contributed by atoms with van der Waals surface area (Å²) in [5.41, 5.74) is 0.843. The van der Waals surface area contributed by atoms with E-state index in [9.17, 15) is 0 Å². The molecule has 0 N–H and O–H groups in total. The third kappa shape index (κ3) is 3.62. The van der Waals surface area contributed by atoms with E-state index in [2.05, 4.69) is 37.5 Å². The highest BCUT2D eigenvalue weighted by Crippen LogP contribution is 2.33. The molecule has 0 bridgehead atoms. The van der Waals surface area contributed by atoms with Crippen LogP contribution >= 0.6 is 0 Å². The first-order valence-corrected chi connectivity index (χ1v) is 5.94. The predicted molar refractivity (Wildman–Crippen MR) is 73.2 cm³/mol. The fraction of sp³-hybridized carbons (Fsp3) is 0.571. The molecule has 0 radical (unpaired) electrons. The van der Waals surface area contributed by atoms with E-state index in [-0.39, 0.29) is 5.41 Å². The van der Waals surface area contributed by atoms with Crippen LogP contribution in [0.2, 0.25) is 0 Å². The van der Waals surface area contributed by atoms with Gasteiger partial charge in [0.1, 0.15) is 0 Å². The number of aliphatic imine (C=N–C) groups is 1. The predicted octanol–water partition coefficient (Wildman–Crippen LogP) is 3.30. The lowest BCUT2D eigenvalue weighted by atomic mass is 9.98. The average molecular weight is 250 g/mol. The monoisotopic (exact) mass is 250 g/mol. The van der Waals surface area contributed by atoms with Crippen molar-refractivity contribution in [3.05, 3.63) is 23.9 Å². The summed E-state index contributed by atoms with van der Waals surface area (Å²) in [5, 5.41) is 0. The zero-order valence-corrected chi connectivity index (χ0v) is 11.9. The number of hydrogen-bond donors (Lipinski definition) is 0. The molecule has 0 amide bonds. The minimum atomic E-state index is -0.863. The lowest BCUT2D eigenvalue weighted by molar-refractivity contribution is -0.230. The van der Waals surface area contributed by atoms with Crippen molar-refractivity contribution in [1.82, 2.24) is 4.98 Å². The Morgan fingerprint density at radius 1 is 1.33 bits per heavy atom. The van der Waals surface area contributed by atoms with Gasteiger partial charge in [-0.25, -0.2) is 9.98 Å². The molecule has 100 valence electrons. The van der Waals surface area contributed by atoms with Gasteiger partial charge in [-0.1, -0.05) is 20.8 Å². The van der Waals surface area contributed by atoms with E-state index in [1.54, 1.807) is 13.3 Å². The summed E-state index contributed by atoms with van der Waals surface area (Å²) in [6.07, 6.45) is 1.67. The second kappa shape index (κ2) is 5.59. The van der Waals surface area contributed by atoms with Gasteiger partial charge in [-0.2, -0.15) is 0 Å². The third-order valence-corrected chi connectivity index (χ3v) is 2.60. The molecule has 4 heteroatoms. The molecule has 1 unspecified atom stereocenters. The first-order valence-electron chi connectivity index (χ1n) is 5.94. The van der Waals surface area contributed by atoms with Crippen molar-refractivity contribution in [1.29, 1.82) is 0 Å². The van der Waals surface area contributed by atoms with Gasteiger partial charge in [0.15, 0.2) is 11.6 Å². The van der Waals surface area contributed by atoms with Crippen molar-refractivity contribution in [2.75, 3.05) is 13.7 Å². The van der Waals surface area contributed by atoms with Gasteiger partial charge >= 0.3 is 0 Å². The molecule has 0 saturated heterocycles. The van der Waals surface area contributed by atoms with Gasteiger partial charge in [-0.05, 0) is 31.2 Å². The minimum Gasteiger partial charge on any atom is -0.349 e. The zero-order chi connectivity index (χ0) is 13.8. The van der Waals surface area contributed by atoms with E-state index < -0.39 is 5.79 Å². The lowest BCUT2D eigenvalue weighted by Gasteiger charge is -2.32. The normalized spacial score (nSPS) is 15.2. The first kappa shape index (κ1) is 14.8. The van der Waals surface area contributed by atoms with Crippen LogP contribution in [0.15, 0.2) is 23.3 Å². The molecule has 0 aromatic carbocycles. The number of rotatable bonds is 5. The van der Waals surface area contributed by atoms with Crippen LogP contribution in [0.4, 0.5) is 5.82 Å². The number of hydrogen-bond acceptors (Lipinski definition) is 4. The molecule has 1 atom stereocenters. The summed E-state index contributed by atoms with van der Waals surface area (Å²) in [7, 11) is 1.61. The fourth-order valence-electron chi connectivity index (χ4n) is 1.48.